The first-order valence-corrected chi connectivity index (χ1v) is 13.6. The molecule has 1 heterocycles. The Labute approximate surface area is 209 Å². The number of rotatable bonds is 8. The number of likely N-dealkylation sites (tertiary alicyclic amines) is 1. The van der Waals surface area contributed by atoms with Crippen LogP contribution in [0.1, 0.15) is 44.6 Å². The summed E-state index contributed by atoms with van der Waals surface area (Å²) >= 11 is 0. The first kappa shape index (κ1) is 26.4. The summed E-state index contributed by atoms with van der Waals surface area (Å²) in [7, 11) is -3.72. The molecule has 196 valence electrons. The van der Waals surface area contributed by atoms with Gasteiger partial charge in [-0.2, -0.15) is 17.5 Å². The highest BCUT2D eigenvalue weighted by molar-refractivity contribution is 7.89. The highest BCUT2D eigenvalue weighted by Gasteiger charge is 2.43. The van der Waals surface area contributed by atoms with E-state index in [9.17, 15) is 26.4 Å². The number of sulfonamides is 1. The maximum Gasteiger partial charge on any atom is 0.418 e. The maximum atomic E-state index is 13.5. The van der Waals surface area contributed by atoms with Gasteiger partial charge in [-0.3, -0.25) is 0 Å². The topological polar surface area (TPSA) is 81.8 Å². The first-order valence-electron chi connectivity index (χ1n) is 12.2. The number of carbonyl (C=O) groups excluding carboxylic acids is 1. The molecule has 1 saturated heterocycles. The number of nitrogens with zero attached hydrogens (tertiary/aromatic N) is 2. The van der Waals surface area contributed by atoms with E-state index in [0.717, 1.165) is 63.9 Å². The molecular weight excluding hydrogens is 493 g/mol. The average Bonchev–Trinajstić information content (AvgIpc) is 3.65. The minimum atomic E-state index is -4.61. The van der Waals surface area contributed by atoms with E-state index in [1.807, 2.05) is 0 Å². The maximum absolute atomic E-state index is 13.5. The van der Waals surface area contributed by atoms with E-state index in [0.29, 0.717) is 0 Å². The van der Waals surface area contributed by atoms with Crippen LogP contribution in [0.2, 0.25) is 0 Å². The van der Waals surface area contributed by atoms with Crippen molar-refractivity contribution < 1.29 is 26.4 Å². The van der Waals surface area contributed by atoms with Gasteiger partial charge in [0.1, 0.15) is 0 Å². The Morgan fingerprint density at radius 1 is 0.972 bits per heavy atom. The van der Waals surface area contributed by atoms with Crippen molar-refractivity contribution in [2.45, 2.75) is 62.2 Å². The van der Waals surface area contributed by atoms with Crippen molar-refractivity contribution in [2.24, 2.45) is 0 Å². The zero-order valence-corrected chi connectivity index (χ0v) is 20.9. The van der Waals surface area contributed by atoms with Crippen LogP contribution in [-0.2, 0) is 16.2 Å². The molecule has 2 N–H and O–H groups in total. The van der Waals surface area contributed by atoms with Crippen LogP contribution in [0, 0.1) is 0 Å². The smallest absolute Gasteiger partial charge is 0.308 e. The molecule has 0 radical (unpaired) electrons. The Kier molecular flexibility index (Phi) is 7.91. The molecule has 2 amide bonds. The third-order valence-electron chi connectivity index (χ3n) is 6.53. The number of halogens is 3. The number of hydrogen-bond acceptors (Lipinski definition) is 4. The van der Waals surface area contributed by atoms with Gasteiger partial charge in [-0.25, -0.2) is 13.2 Å². The zero-order valence-electron chi connectivity index (χ0n) is 20.1. The van der Waals surface area contributed by atoms with Crippen molar-refractivity contribution in [2.75, 3.05) is 30.3 Å². The lowest BCUT2D eigenvalue weighted by atomic mass is 10.0. The van der Waals surface area contributed by atoms with Crippen LogP contribution in [0.4, 0.5) is 29.3 Å². The second-order valence-corrected chi connectivity index (χ2v) is 11.1. The number of alkyl halides is 3. The molecule has 36 heavy (non-hydrogen) atoms. The standard InChI is InChI=1S/C25H31F3N4O3S/c1-2-15-31-16-13-20(14-17-31)32(19-9-10-19)36(34,35)21-11-7-18(8-12-21)29-24(33)30-23-6-4-3-5-22(23)25(26,27)28/h3-8,11-12,19-20H,2,9-10,13-17H2,1H3,(H2,29,30,33). The second-order valence-electron chi connectivity index (χ2n) is 9.29. The molecule has 1 aliphatic carbocycles. The predicted octanol–water partition coefficient (Wildman–Crippen LogP) is 5.38. The van der Waals surface area contributed by atoms with E-state index < -0.39 is 27.8 Å². The summed E-state index contributed by atoms with van der Waals surface area (Å²) in [6.45, 7) is 4.92. The number of urea groups is 1. The van der Waals surface area contributed by atoms with Gasteiger partial charge in [-0.15, -0.1) is 0 Å². The van der Waals surface area contributed by atoms with Crippen LogP contribution in [-0.4, -0.2) is 55.4 Å². The molecule has 11 heteroatoms. The molecule has 2 aromatic carbocycles. The Balaban J connectivity index is 1.43. The van der Waals surface area contributed by atoms with E-state index in [1.165, 1.54) is 36.4 Å². The Hall–Kier alpha value is -2.63. The fourth-order valence-corrected chi connectivity index (χ4v) is 6.62. The number of para-hydroxylation sites is 1. The molecule has 2 aliphatic rings. The van der Waals surface area contributed by atoms with E-state index in [2.05, 4.69) is 22.5 Å². The van der Waals surface area contributed by atoms with Gasteiger partial charge in [0.05, 0.1) is 16.1 Å². The molecule has 0 spiro atoms. The van der Waals surface area contributed by atoms with Crippen molar-refractivity contribution in [3.63, 3.8) is 0 Å². The Morgan fingerprint density at radius 3 is 2.17 bits per heavy atom. The molecule has 2 fully saturated rings. The minimum absolute atomic E-state index is 0.0232. The second kappa shape index (κ2) is 10.8. The fourth-order valence-electron chi connectivity index (χ4n) is 4.69. The lowest BCUT2D eigenvalue weighted by molar-refractivity contribution is -0.136. The molecule has 1 saturated carbocycles. The number of amides is 2. The summed E-state index contributed by atoms with van der Waals surface area (Å²) in [5.74, 6) is 0. The van der Waals surface area contributed by atoms with Gasteiger partial charge in [-0.05, 0) is 88.1 Å². The third-order valence-corrected chi connectivity index (χ3v) is 8.55. The molecule has 0 atom stereocenters. The van der Waals surface area contributed by atoms with E-state index in [4.69, 9.17) is 0 Å². The van der Waals surface area contributed by atoms with Crippen molar-refractivity contribution >= 4 is 27.4 Å². The Bertz CT molecular complexity index is 1160. The monoisotopic (exact) mass is 524 g/mol. The number of piperidine rings is 1. The van der Waals surface area contributed by atoms with Crippen LogP contribution >= 0.6 is 0 Å². The van der Waals surface area contributed by atoms with E-state index in [-0.39, 0.29) is 28.4 Å². The average molecular weight is 525 g/mol. The minimum Gasteiger partial charge on any atom is -0.308 e. The molecular formula is C25H31F3N4O3S. The number of anilines is 2. The summed E-state index contributed by atoms with van der Waals surface area (Å²) in [4.78, 5) is 14.8. The summed E-state index contributed by atoms with van der Waals surface area (Å²) in [6.07, 6.45) is -0.229. The molecule has 0 bridgehead atoms. The van der Waals surface area contributed by atoms with E-state index >= 15 is 0 Å². The van der Waals surface area contributed by atoms with Crippen LogP contribution in [0.3, 0.4) is 0 Å². The van der Waals surface area contributed by atoms with Crippen molar-refractivity contribution in [3.8, 4) is 0 Å². The highest BCUT2D eigenvalue weighted by atomic mass is 32.2. The zero-order chi connectivity index (χ0) is 25.9. The normalized spacial score (nSPS) is 17.8. The van der Waals surface area contributed by atoms with Gasteiger partial charge in [-0.1, -0.05) is 19.1 Å². The summed E-state index contributed by atoms with van der Waals surface area (Å²) in [5.41, 5.74) is -1.06. The largest absolute Gasteiger partial charge is 0.418 e. The SMILES string of the molecule is CCCN1CCC(N(C2CC2)S(=O)(=O)c2ccc(NC(=O)Nc3ccccc3C(F)(F)F)cc2)CC1. The van der Waals surface area contributed by atoms with Crippen LogP contribution in [0.15, 0.2) is 53.4 Å². The van der Waals surface area contributed by atoms with Gasteiger partial charge in [0, 0.05) is 17.8 Å². The third kappa shape index (κ3) is 6.19. The molecule has 0 aromatic heterocycles. The lowest BCUT2D eigenvalue weighted by Crippen LogP contribution is -2.48. The molecule has 0 unspecified atom stereocenters. The van der Waals surface area contributed by atoms with Gasteiger partial charge in [0.2, 0.25) is 10.0 Å². The van der Waals surface area contributed by atoms with Gasteiger partial charge in [0.15, 0.2) is 0 Å². The Morgan fingerprint density at radius 2 is 1.58 bits per heavy atom. The van der Waals surface area contributed by atoms with Crippen LogP contribution < -0.4 is 10.6 Å². The predicted molar refractivity (Wildman–Crippen MR) is 132 cm³/mol. The quantitative estimate of drug-likeness (QED) is 0.486. The first-order chi connectivity index (χ1) is 17.1. The number of benzene rings is 2. The molecule has 4 rings (SSSR count). The van der Waals surface area contributed by atoms with Crippen LogP contribution in [0.25, 0.3) is 0 Å². The molecule has 1 aliphatic heterocycles. The highest BCUT2D eigenvalue weighted by Crippen LogP contribution is 2.37. The molecule has 7 nitrogen and oxygen atoms in total. The van der Waals surface area contributed by atoms with Gasteiger partial charge in [0.25, 0.3) is 0 Å². The van der Waals surface area contributed by atoms with Crippen molar-refractivity contribution in [3.05, 3.63) is 54.1 Å². The van der Waals surface area contributed by atoms with Gasteiger partial charge >= 0.3 is 12.2 Å². The number of hydrogen-bond donors (Lipinski definition) is 2. The van der Waals surface area contributed by atoms with Gasteiger partial charge < -0.3 is 15.5 Å². The summed E-state index contributed by atoms with van der Waals surface area (Å²) in [5, 5.41) is 4.67. The van der Waals surface area contributed by atoms with Crippen LogP contribution in [0.5, 0.6) is 0 Å². The number of nitrogens with one attached hydrogen (secondary N) is 2. The fraction of sp³-hybridized carbons (Fsp3) is 0.480. The van der Waals surface area contributed by atoms with Crippen molar-refractivity contribution in [1.82, 2.24) is 9.21 Å². The number of carbonyl (C=O) groups is 1. The van der Waals surface area contributed by atoms with Crippen molar-refractivity contribution in [1.29, 1.82) is 0 Å². The van der Waals surface area contributed by atoms with E-state index in [1.54, 1.807) is 4.31 Å². The summed E-state index contributed by atoms with van der Waals surface area (Å²) < 4.78 is 68.2. The summed E-state index contributed by atoms with van der Waals surface area (Å²) in [6, 6.07) is 9.55. The molecule has 2 aromatic rings. The lowest BCUT2D eigenvalue weighted by Gasteiger charge is -2.38.